The Labute approximate surface area is 118 Å². The predicted molar refractivity (Wildman–Crippen MR) is 74.5 cm³/mol. The summed E-state index contributed by atoms with van der Waals surface area (Å²) in [5.74, 6) is -0.644. The molecule has 19 heavy (non-hydrogen) atoms. The summed E-state index contributed by atoms with van der Waals surface area (Å²) in [5.41, 5.74) is 0. The van der Waals surface area contributed by atoms with Crippen LogP contribution < -0.4 is 0 Å². The number of aryl methyl sites for hydroxylation is 1. The van der Waals surface area contributed by atoms with Gasteiger partial charge in [-0.3, -0.25) is 9.59 Å². The fourth-order valence-corrected chi connectivity index (χ4v) is 2.64. The van der Waals surface area contributed by atoms with E-state index in [0.717, 1.165) is 4.88 Å². The lowest BCUT2D eigenvalue weighted by Gasteiger charge is -2.03. The van der Waals surface area contributed by atoms with Gasteiger partial charge in [0.1, 0.15) is 0 Å². The van der Waals surface area contributed by atoms with E-state index in [2.05, 4.69) is 15.2 Å². The van der Waals surface area contributed by atoms with Gasteiger partial charge in [-0.2, -0.15) is 5.11 Å². The quantitative estimate of drug-likeness (QED) is 0.481. The zero-order valence-electron chi connectivity index (χ0n) is 10.4. The summed E-state index contributed by atoms with van der Waals surface area (Å²) in [6.07, 6.45) is 1.67. The zero-order chi connectivity index (χ0) is 13.8. The minimum Gasteiger partial charge on any atom is -0.297 e. The van der Waals surface area contributed by atoms with E-state index in [-0.39, 0.29) is 11.6 Å². The van der Waals surface area contributed by atoms with Crippen LogP contribution in [0.5, 0.6) is 0 Å². The fourth-order valence-electron chi connectivity index (χ4n) is 1.37. The van der Waals surface area contributed by atoms with Crippen molar-refractivity contribution in [2.24, 2.45) is 10.2 Å². The molecule has 0 bridgehead atoms. The topological polar surface area (TPSA) is 71.8 Å². The molecule has 0 saturated heterocycles. The van der Waals surface area contributed by atoms with Gasteiger partial charge >= 0.3 is 0 Å². The highest BCUT2D eigenvalue weighted by Crippen LogP contribution is 2.21. The minimum atomic E-state index is -1.08. The standard InChI is InChI=1S/C12H11N3O2S2/c1-7-6-13-12(19-7)15-14-10(8(2)16)11(17)9-4-3-5-18-9/h3-6,10H,1-2H3. The molecule has 0 spiro atoms. The summed E-state index contributed by atoms with van der Waals surface area (Å²) in [5, 5.41) is 9.95. The number of hydrogen-bond donors (Lipinski definition) is 0. The third kappa shape index (κ3) is 3.39. The van der Waals surface area contributed by atoms with Gasteiger partial charge in [-0.25, -0.2) is 4.98 Å². The lowest BCUT2D eigenvalue weighted by atomic mass is 10.1. The Bertz CT molecular complexity index is 617. The average molecular weight is 293 g/mol. The second-order valence-electron chi connectivity index (χ2n) is 3.82. The Hall–Kier alpha value is -1.73. The summed E-state index contributed by atoms with van der Waals surface area (Å²) in [4.78, 5) is 29.1. The number of carbonyl (C=O) groups is 2. The summed E-state index contributed by atoms with van der Waals surface area (Å²) in [6.45, 7) is 3.23. The number of ketones is 2. The highest BCUT2D eigenvalue weighted by atomic mass is 32.1. The molecule has 5 nitrogen and oxygen atoms in total. The summed E-state index contributed by atoms with van der Waals surface area (Å²) >= 11 is 2.65. The Morgan fingerprint density at radius 1 is 1.42 bits per heavy atom. The van der Waals surface area contributed by atoms with Crippen LogP contribution in [0.4, 0.5) is 5.13 Å². The number of aromatic nitrogens is 1. The largest absolute Gasteiger partial charge is 0.297 e. The third-order valence-electron chi connectivity index (χ3n) is 2.27. The Balaban J connectivity index is 2.19. The second kappa shape index (κ2) is 5.94. The van der Waals surface area contributed by atoms with E-state index in [4.69, 9.17) is 0 Å². The maximum atomic E-state index is 12.1. The highest BCUT2D eigenvalue weighted by Gasteiger charge is 2.25. The molecule has 1 unspecified atom stereocenters. The van der Waals surface area contributed by atoms with Crippen LogP contribution >= 0.6 is 22.7 Å². The molecule has 0 saturated carbocycles. The van der Waals surface area contributed by atoms with E-state index >= 15 is 0 Å². The second-order valence-corrected chi connectivity index (χ2v) is 5.98. The maximum Gasteiger partial charge on any atom is 0.229 e. The first kappa shape index (κ1) is 13.7. The predicted octanol–water partition coefficient (Wildman–Crippen LogP) is 3.44. The van der Waals surface area contributed by atoms with Gasteiger partial charge in [0.15, 0.2) is 11.8 Å². The summed E-state index contributed by atoms with van der Waals surface area (Å²) in [7, 11) is 0. The number of Topliss-reactive ketones (excluding diaryl/α,β-unsaturated/α-hetero) is 2. The van der Waals surface area contributed by atoms with Crippen LogP contribution in [0.1, 0.15) is 21.5 Å². The van der Waals surface area contributed by atoms with Crippen LogP contribution in [0.25, 0.3) is 0 Å². The number of thiophene rings is 1. The molecule has 2 aromatic heterocycles. The molecule has 98 valence electrons. The smallest absolute Gasteiger partial charge is 0.229 e. The molecule has 0 aliphatic carbocycles. The maximum absolute atomic E-state index is 12.1. The van der Waals surface area contributed by atoms with E-state index in [9.17, 15) is 9.59 Å². The highest BCUT2D eigenvalue weighted by molar-refractivity contribution is 7.15. The molecule has 0 aliphatic heterocycles. The number of rotatable bonds is 5. The molecule has 0 N–H and O–H groups in total. The molecule has 0 aliphatic rings. The van der Waals surface area contributed by atoms with E-state index in [0.29, 0.717) is 10.0 Å². The number of carbonyl (C=O) groups excluding carboxylic acids is 2. The van der Waals surface area contributed by atoms with Crippen molar-refractivity contribution in [1.82, 2.24) is 4.98 Å². The first-order valence-electron chi connectivity index (χ1n) is 5.49. The van der Waals surface area contributed by atoms with Crippen molar-refractivity contribution in [3.63, 3.8) is 0 Å². The van der Waals surface area contributed by atoms with Crippen LogP contribution in [0.2, 0.25) is 0 Å². The van der Waals surface area contributed by atoms with Gasteiger partial charge in [0.2, 0.25) is 10.9 Å². The zero-order valence-corrected chi connectivity index (χ0v) is 12.0. The van der Waals surface area contributed by atoms with Gasteiger partial charge in [0, 0.05) is 11.1 Å². The van der Waals surface area contributed by atoms with Crippen LogP contribution in [-0.4, -0.2) is 22.6 Å². The van der Waals surface area contributed by atoms with Crippen molar-refractivity contribution >= 4 is 39.4 Å². The van der Waals surface area contributed by atoms with Crippen molar-refractivity contribution in [2.75, 3.05) is 0 Å². The Morgan fingerprint density at radius 2 is 2.21 bits per heavy atom. The van der Waals surface area contributed by atoms with E-state index in [1.807, 2.05) is 6.92 Å². The molecule has 0 radical (unpaired) electrons. The molecule has 1 atom stereocenters. The lowest BCUT2D eigenvalue weighted by Crippen LogP contribution is -2.25. The average Bonchev–Trinajstić information content (AvgIpc) is 3.00. The van der Waals surface area contributed by atoms with Gasteiger partial charge < -0.3 is 0 Å². The van der Waals surface area contributed by atoms with Gasteiger partial charge in [-0.05, 0) is 25.3 Å². The first-order valence-corrected chi connectivity index (χ1v) is 7.19. The summed E-state index contributed by atoms with van der Waals surface area (Å²) < 4.78 is 0. The molecule has 0 amide bonds. The van der Waals surface area contributed by atoms with Crippen molar-refractivity contribution in [1.29, 1.82) is 0 Å². The van der Waals surface area contributed by atoms with Crippen molar-refractivity contribution in [2.45, 2.75) is 19.9 Å². The lowest BCUT2D eigenvalue weighted by molar-refractivity contribution is -0.117. The van der Waals surface area contributed by atoms with Crippen molar-refractivity contribution in [3.05, 3.63) is 33.5 Å². The molecule has 2 aromatic rings. The van der Waals surface area contributed by atoms with E-state index < -0.39 is 6.04 Å². The number of azo groups is 1. The van der Waals surface area contributed by atoms with E-state index in [1.54, 1.807) is 23.7 Å². The molecular weight excluding hydrogens is 282 g/mol. The Kier molecular flexibility index (Phi) is 4.28. The summed E-state index contributed by atoms with van der Waals surface area (Å²) in [6, 6.07) is 2.35. The van der Waals surface area contributed by atoms with Crippen LogP contribution in [-0.2, 0) is 4.79 Å². The van der Waals surface area contributed by atoms with Gasteiger partial charge in [-0.1, -0.05) is 17.4 Å². The Morgan fingerprint density at radius 3 is 2.74 bits per heavy atom. The van der Waals surface area contributed by atoms with Gasteiger partial charge in [-0.15, -0.1) is 16.5 Å². The molecule has 0 fully saturated rings. The first-order chi connectivity index (χ1) is 9.08. The van der Waals surface area contributed by atoms with Crippen LogP contribution in [0, 0.1) is 6.92 Å². The van der Waals surface area contributed by atoms with Crippen molar-refractivity contribution < 1.29 is 9.59 Å². The van der Waals surface area contributed by atoms with Gasteiger partial charge in [0.25, 0.3) is 0 Å². The van der Waals surface area contributed by atoms with Crippen LogP contribution in [0.3, 0.4) is 0 Å². The molecule has 2 rings (SSSR count). The third-order valence-corrected chi connectivity index (χ3v) is 3.95. The number of nitrogens with zero attached hydrogens (tertiary/aromatic N) is 3. The minimum absolute atomic E-state index is 0.320. The van der Waals surface area contributed by atoms with Gasteiger partial charge in [0.05, 0.1) is 4.88 Å². The molecular formula is C12H11N3O2S2. The molecule has 0 aromatic carbocycles. The molecule has 7 heteroatoms. The fraction of sp³-hybridized carbons (Fsp3) is 0.250. The molecule has 2 heterocycles. The number of hydrogen-bond acceptors (Lipinski definition) is 7. The SMILES string of the molecule is CC(=O)C(N=Nc1ncc(C)s1)C(=O)c1cccs1. The monoisotopic (exact) mass is 293 g/mol. The number of thiazole rings is 1. The van der Waals surface area contributed by atoms with Crippen LogP contribution in [0.15, 0.2) is 33.9 Å². The van der Waals surface area contributed by atoms with E-state index in [1.165, 1.54) is 29.6 Å². The normalized spacial score (nSPS) is 12.7. The van der Waals surface area contributed by atoms with Crippen molar-refractivity contribution in [3.8, 4) is 0 Å².